The molecule has 2 atom stereocenters. The highest BCUT2D eigenvalue weighted by molar-refractivity contribution is 5.92. The normalized spacial score (nSPS) is 24.5. The van der Waals surface area contributed by atoms with Crippen molar-refractivity contribution in [1.29, 1.82) is 0 Å². The smallest absolute Gasteiger partial charge is 0.376 e. The Labute approximate surface area is 236 Å². The maximum Gasteiger partial charge on any atom is 0.376 e. The maximum absolute atomic E-state index is 12.6. The molecule has 6 rings (SSSR count). The highest BCUT2D eigenvalue weighted by Gasteiger charge is 2.33. The summed E-state index contributed by atoms with van der Waals surface area (Å²) in [4.78, 5) is 29.6. The third-order valence-electron chi connectivity index (χ3n) is 9.32. The number of rotatable bonds is 8. The van der Waals surface area contributed by atoms with Crippen LogP contribution in [0.5, 0.6) is 0 Å². The molecule has 9 nitrogen and oxygen atoms in total. The number of nitrogens with one attached hydrogen (secondary N) is 1. The largest absolute Gasteiger partial charge is 0.463 e. The first-order chi connectivity index (χ1) is 19.5. The van der Waals surface area contributed by atoms with Crippen molar-refractivity contribution in [2.75, 3.05) is 37.1 Å². The third-order valence-corrected chi connectivity index (χ3v) is 9.32. The topological polar surface area (TPSA) is 94.4 Å². The molecule has 1 aliphatic heterocycles. The minimum absolute atomic E-state index is 0.0373. The summed E-state index contributed by atoms with van der Waals surface area (Å²) in [6.45, 7) is 7.38. The number of imidazole rings is 1. The van der Waals surface area contributed by atoms with Gasteiger partial charge >= 0.3 is 5.97 Å². The molecule has 3 fully saturated rings. The van der Waals surface area contributed by atoms with E-state index in [0.717, 1.165) is 30.5 Å². The Morgan fingerprint density at radius 2 is 1.88 bits per heavy atom. The molecule has 0 bridgehead atoms. The molecule has 0 amide bonds. The first kappa shape index (κ1) is 27.0. The number of fused-ring (bicyclic) bond motifs is 1. The van der Waals surface area contributed by atoms with Crippen LogP contribution in [-0.4, -0.2) is 58.4 Å². The van der Waals surface area contributed by atoms with Crippen molar-refractivity contribution < 1.29 is 14.3 Å². The number of carbonyl (C=O) groups is 1. The molecule has 0 radical (unpaired) electrons. The van der Waals surface area contributed by atoms with Crippen molar-refractivity contribution in [3.05, 3.63) is 41.7 Å². The first-order valence-corrected chi connectivity index (χ1v) is 15.0. The number of methoxy groups -OCH3 is 1. The lowest BCUT2D eigenvalue weighted by atomic mass is 9.80. The second kappa shape index (κ2) is 11.7. The zero-order valence-corrected chi connectivity index (χ0v) is 24.0. The molecule has 1 N–H and O–H groups in total. The van der Waals surface area contributed by atoms with Crippen LogP contribution in [0.3, 0.4) is 0 Å². The SMILES string of the molecule is COC(=O)c1nc(N[C@H](C)C2CCC2)c2c(n1)nc(N1CCOC[C@H]1c1ccccc1)n2C[C@H]1CC[C@H](C)CC1. The number of anilines is 2. The van der Waals surface area contributed by atoms with Gasteiger partial charge in [0, 0.05) is 19.1 Å². The summed E-state index contributed by atoms with van der Waals surface area (Å²) < 4.78 is 13.3. The fourth-order valence-corrected chi connectivity index (χ4v) is 6.54. The fraction of sp³-hybridized carbons (Fsp3) is 0.613. The highest BCUT2D eigenvalue weighted by Crippen LogP contribution is 2.38. The number of ether oxygens (including phenoxy) is 2. The predicted octanol–water partition coefficient (Wildman–Crippen LogP) is 5.62. The Morgan fingerprint density at radius 1 is 1.10 bits per heavy atom. The van der Waals surface area contributed by atoms with Crippen LogP contribution in [0.25, 0.3) is 11.2 Å². The van der Waals surface area contributed by atoms with Crippen LogP contribution in [0.4, 0.5) is 11.8 Å². The van der Waals surface area contributed by atoms with Crippen LogP contribution in [-0.2, 0) is 16.0 Å². The zero-order valence-electron chi connectivity index (χ0n) is 24.0. The quantitative estimate of drug-likeness (QED) is 0.364. The number of nitrogens with zero attached hydrogens (tertiary/aromatic N) is 5. The number of aromatic nitrogens is 4. The van der Waals surface area contributed by atoms with Gasteiger partial charge in [0.1, 0.15) is 5.52 Å². The number of esters is 1. The van der Waals surface area contributed by atoms with Gasteiger partial charge < -0.3 is 24.3 Å². The van der Waals surface area contributed by atoms with Crippen LogP contribution < -0.4 is 10.2 Å². The van der Waals surface area contributed by atoms with E-state index >= 15 is 0 Å². The number of carbonyl (C=O) groups excluding carboxylic acids is 1. The van der Waals surface area contributed by atoms with Crippen molar-refractivity contribution in [2.45, 2.75) is 77.4 Å². The summed E-state index contributed by atoms with van der Waals surface area (Å²) in [5.74, 6) is 2.99. The van der Waals surface area contributed by atoms with Crippen molar-refractivity contribution in [3.8, 4) is 0 Å². The highest BCUT2D eigenvalue weighted by atomic mass is 16.5. The van der Waals surface area contributed by atoms with Gasteiger partial charge in [-0.2, -0.15) is 4.98 Å². The van der Waals surface area contributed by atoms with E-state index in [-0.39, 0.29) is 17.9 Å². The average Bonchev–Trinajstić information content (AvgIpc) is 3.31. The molecule has 9 heteroatoms. The number of hydrogen-bond donors (Lipinski definition) is 1. The Hall–Kier alpha value is -3.20. The number of benzene rings is 1. The maximum atomic E-state index is 12.6. The van der Waals surface area contributed by atoms with E-state index in [2.05, 4.69) is 57.9 Å². The molecular weight excluding hydrogens is 504 g/mol. The molecule has 2 saturated carbocycles. The van der Waals surface area contributed by atoms with Crippen LogP contribution >= 0.6 is 0 Å². The lowest BCUT2D eigenvalue weighted by Crippen LogP contribution is -2.41. The standard InChI is InChI=1S/C31H42N6O3/c1-20-12-14-22(15-13-20)18-37-26-27(32-21(2)23-10-7-11-23)33-29(30(38)39-3)34-28(26)35-31(37)36-16-17-40-19-25(36)24-8-5-4-6-9-24/h4-6,8-9,20-23,25H,7,10-19H2,1-3H3,(H,32,33,34)/t20-,21-,22-,25+/m1/s1. The predicted molar refractivity (Wildman–Crippen MR) is 156 cm³/mol. The Balaban J connectivity index is 1.48. The minimum atomic E-state index is -0.549. The van der Waals surface area contributed by atoms with E-state index in [4.69, 9.17) is 19.4 Å². The van der Waals surface area contributed by atoms with E-state index in [1.54, 1.807) is 0 Å². The van der Waals surface area contributed by atoms with Crippen LogP contribution in [0.2, 0.25) is 0 Å². The third kappa shape index (κ3) is 5.40. The Morgan fingerprint density at radius 3 is 2.58 bits per heavy atom. The van der Waals surface area contributed by atoms with Crippen molar-refractivity contribution >= 4 is 28.9 Å². The molecule has 1 aromatic carbocycles. The second-order valence-electron chi connectivity index (χ2n) is 12.0. The lowest BCUT2D eigenvalue weighted by molar-refractivity contribution is 0.0587. The van der Waals surface area contributed by atoms with E-state index in [0.29, 0.717) is 36.5 Å². The summed E-state index contributed by atoms with van der Waals surface area (Å²) >= 11 is 0. The molecule has 2 aromatic heterocycles. The van der Waals surface area contributed by atoms with Gasteiger partial charge in [-0.05, 0) is 55.9 Å². The summed E-state index contributed by atoms with van der Waals surface area (Å²) in [7, 11) is 1.37. The van der Waals surface area contributed by atoms with Gasteiger partial charge in [-0.3, -0.25) is 0 Å². The number of hydrogen-bond acceptors (Lipinski definition) is 8. The molecule has 0 spiro atoms. The molecule has 40 heavy (non-hydrogen) atoms. The summed E-state index contributed by atoms with van der Waals surface area (Å²) in [6, 6.07) is 10.8. The van der Waals surface area contributed by atoms with Crippen molar-refractivity contribution in [2.24, 2.45) is 17.8 Å². The summed E-state index contributed by atoms with van der Waals surface area (Å²) in [6.07, 6.45) is 8.60. The van der Waals surface area contributed by atoms with Gasteiger partial charge in [0.2, 0.25) is 11.8 Å². The van der Waals surface area contributed by atoms with E-state index in [1.165, 1.54) is 57.6 Å². The molecule has 214 valence electrons. The lowest BCUT2D eigenvalue weighted by Gasteiger charge is -2.37. The molecule has 3 aliphatic rings. The first-order valence-electron chi connectivity index (χ1n) is 15.0. The van der Waals surface area contributed by atoms with Crippen molar-refractivity contribution in [1.82, 2.24) is 19.5 Å². The average molecular weight is 547 g/mol. The molecule has 3 heterocycles. The van der Waals surface area contributed by atoms with Gasteiger partial charge in [0.05, 0.1) is 26.4 Å². The Bertz CT molecular complexity index is 1320. The van der Waals surface area contributed by atoms with E-state index < -0.39 is 5.97 Å². The monoisotopic (exact) mass is 546 g/mol. The van der Waals surface area contributed by atoms with Crippen LogP contribution in [0, 0.1) is 17.8 Å². The fourth-order valence-electron chi connectivity index (χ4n) is 6.54. The summed E-state index contributed by atoms with van der Waals surface area (Å²) in [5.41, 5.74) is 2.62. The van der Waals surface area contributed by atoms with Crippen molar-refractivity contribution in [3.63, 3.8) is 0 Å². The minimum Gasteiger partial charge on any atom is -0.463 e. The van der Waals surface area contributed by atoms with Crippen LogP contribution in [0.1, 0.15) is 81.0 Å². The van der Waals surface area contributed by atoms with Gasteiger partial charge in [0.25, 0.3) is 0 Å². The second-order valence-corrected chi connectivity index (χ2v) is 12.0. The molecule has 2 aliphatic carbocycles. The molecule has 0 unspecified atom stereocenters. The zero-order chi connectivity index (χ0) is 27.6. The molecule has 1 saturated heterocycles. The molecular formula is C31H42N6O3. The van der Waals surface area contributed by atoms with E-state index in [9.17, 15) is 4.79 Å². The van der Waals surface area contributed by atoms with Gasteiger partial charge in [-0.1, -0.05) is 56.5 Å². The van der Waals surface area contributed by atoms with Gasteiger partial charge in [0.15, 0.2) is 11.5 Å². The van der Waals surface area contributed by atoms with Crippen LogP contribution in [0.15, 0.2) is 30.3 Å². The number of morpholine rings is 1. The van der Waals surface area contributed by atoms with Gasteiger partial charge in [-0.25, -0.2) is 14.8 Å². The van der Waals surface area contributed by atoms with Gasteiger partial charge in [-0.15, -0.1) is 0 Å². The Kier molecular flexibility index (Phi) is 7.91. The summed E-state index contributed by atoms with van der Waals surface area (Å²) in [5, 5.41) is 3.69. The molecule has 3 aromatic rings. The van der Waals surface area contributed by atoms with E-state index in [1.807, 2.05) is 6.07 Å².